The quantitative estimate of drug-likeness (QED) is 0.206. The third-order valence-corrected chi connectivity index (χ3v) is 9.70. The van der Waals surface area contributed by atoms with E-state index in [0.717, 1.165) is 51.6 Å². The molecule has 0 amide bonds. The van der Waals surface area contributed by atoms with E-state index in [2.05, 4.69) is 38.1 Å². The van der Waals surface area contributed by atoms with Gasteiger partial charge in [0.1, 0.15) is 0 Å². The molecule has 0 bridgehead atoms. The summed E-state index contributed by atoms with van der Waals surface area (Å²) in [6.07, 6.45) is 16.8. The molecule has 40 heavy (non-hydrogen) atoms. The van der Waals surface area contributed by atoms with E-state index >= 15 is 0 Å². The average Bonchev–Trinajstić information content (AvgIpc) is 3.09. The third kappa shape index (κ3) is 9.04. The Morgan fingerprint density at radius 3 is 2.42 bits per heavy atom. The second-order valence-corrected chi connectivity index (χ2v) is 12.5. The fourth-order valence-electron chi connectivity index (χ4n) is 6.88. The van der Waals surface area contributed by atoms with E-state index in [9.17, 15) is 10.2 Å². The average molecular weight is 553 g/mol. The van der Waals surface area contributed by atoms with Gasteiger partial charge in [-0.1, -0.05) is 69.2 Å². The maximum atomic E-state index is 10.7. The van der Waals surface area contributed by atoms with Gasteiger partial charge in [0, 0.05) is 13.0 Å². The van der Waals surface area contributed by atoms with Crippen molar-refractivity contribution in [1.82, 2.24) is 0 Å². The molecule has 0 radical (unpaired) electrons. The van der Waals surface area contributed by atoms with Crippen LogP contribution in [0.1, 0.15) is 83.6 Å². The molecule has 4 rings (SSSR count). The first-order chi connectivity index (χ1) is 19.5. The summed E-state index contributed by atoms with van der Waals surface area (Å²) in [5.41, 5.74) is 3.97. The van der Waals surface area contributed by atoms with Crippen molar-refractivity contribution in [1.29, 1.82) is 0 Å². The zero-order chi connectivity index (χ0) is 28.2. The fourth-order valence-corrected chi connectivity index (χ4v) is 6.88. The number of unbranched alkanes of at least 4 members (excludes halogenated alkanes) is 1. The minimum absolute atomic E-state index is 0.0241. The van der Waals surface area contributed by atoms with Crippen molar-refractivity contribution in [3.05, 3.63) is 71.0 Å². The van der Waals surface area contributed by atoms with Crippen LogP contribution >= 0.6 is 0 Å². The molecule has 1 aromatic rings. The number of allylic oxidation sites excluding steroid dienone is 5. The van der Waals surface area contributed by atoms with Crippen LogP contribution in [0.5, 0.6) is 0 Å². The first kappa shape index (κ1) is 31.0. The molecule has 1 fully saturated rings. The highest BCUT2D eigenvalue weighted by Crippen LogP contribution is 2.49. The van der Waals surface area contributed by atoms with Crippen LogP contribution in [0.4, 0.5) is 0 Å². The normalized spacial score (nSPS) is 28.4. The summed E-state index contributed by atoms with van der Waals surface area (Å²) in [6, 6.07) is 10.2. The van der Waals surface area contributed by atoms with E-state index in [1.165, 1.54) is 29.6 Å². The highest BCUT2D eigenvalue weighted by molar-refractivity contribution is 5.40. The second kappa shape index (κ2) is 15.9. The zero-order valence-corrected chi connectivity index (χ0v) is 24.9. The highest BCUT2D eigenvalue weighted by atomic mass is 16.5. The lowest BCUT2D eigenvalue weighted by Crippen LogP contribution is -2.32. The Morgan fingerprint density at radius 1 is 0.925 bits per heavy atom. The predicted molar refractivity (Wildman–Crippen MR) is 161 cm³/mol. The number of benzene rings is 1. The van der Waals surface area contributed by atoms with Crippen molar-refractivity contribution in [3.8, 4) is 0 Å². The molecular formula is C35H52O5. The number of rotatable bonds is 16. The van der Waals surface area contributed by atoms with Gasteiger partial charge in [0.25, 0.3) is 0 Å². The molecule has 0 spiro atoms. The summed E-state index contributed by atoms with van der Waals surface area (Å²) in [4.78, 5) is 0. The van der Waals surface area contributed by atoms with Gasteiger partial charge in [-0.25, -0.2) is 0 Å². The van der Waals surface area contributed by atoms with E-state index in [4.69, 9.17) is 14.2 Å². The molecular weight excluding hydrogens is 500 g/mol. The lowest BCUT2D eigenvalue weighted by molar-refractivity contribution is 0.00989. The monoisotopic (exact) mass is 552 g/mol. The Bertz CT molecular complexity index is 971. The van der Waals surface area contributed by atoms with Crippen LogP contribution in [0.15, 0.2) is 65.5 Å². The Hall–Kier alpha value is -1.92. The molecule has 1 saturated carbocycles. The first-order valence-corrected chi connectivity index (χ1v) is 15.7. The van der Waals surface area contributed by atoms with Crippen molar-refractivity contribution in [2.45, 2.75) is 90.8 Å². The summed E-state index contributed by atoms with van der Waals surface area (Å²) in [7, 11) is 0. The molecule has 5 nitrogen and oxygen atoms in total. The number of aliphatic hydroxyl groups is 2. The van der Waals surface area contributed by atoms with Crippen molar-refractivity contribution < 1.29 is 24.4 Å². The molecule has 0 unspecified atom stereocenters. The largest absolute Gasteiger partial charge is 0.512 e. The molecule has 0 saturated heterocycles. The molecule has 222 valence electrons. The van der Waals surface area contributed by atoms with E-state index in [-0.39, 0.29) is 11.5 Å². The smallest absolute Gasteiger partial charge is 0.0963 e. The highest BCUT2D eigenvalue weighted by Gasteiger charge is 2.43. The van der Waals surface area contributed by atoms with Crippen LogP contribution in [-0.4, -0.2) is 49.4 Å². The van der Waals surface area contributed by atoms with Crippen molar-refractivity contribution >= 4 is 0 Å². The van der Waals surface area contributed by atoms with E-state index < -0.39 is 0 Å². The second-order valence-electron chi connectivity index (χ2n) is 12.5. The third-order valence-electron chi connectivity index (χ3n) is 9.70. The summed E-state index contributed by atoms with van der Waals surface area (Å²) in [5, 5.41) is 21.1. The molecule has 1 aromatic carbocycles. The van der Waals surface area contributed by atoms with Crippen LogP contribution < -0.4 is 0 Å². The van der Waals surface area contributed by atoms with E-state index in [1.807, 2.05) is 24.3 Å². The first-order valence-electron chi connectivity index (χ1n) is 15.7. The molecule has 0 aromatic heterocycles. The number of hydrogen-bond donors (Lipinski definition) is 2. The molecule has 3 aliphatic rings. The van der Waals surface area contributed by atoms with Crippen molar-refractivity contribution in [3.63, 3.8) is 0 Å². The molecule has 5 atom stereocenters. The maximum absolute atomic E-state index is 10.7. The van der Waals surface area contributed by atoms with Gasteiger partial charge >= 0.3 is 0 Å². The van der Waals surface area contributed by atoms with Crippen LogP contribution in [0.25, 0.3) is 0 Å². The van der Waals surface area contributed by atoms with Gasteiger partial charge in [0.2, 0.25) is 0 Å². The van der Waals surface area contributed by atoms with Gasteiger partial charge < -0.3 is 24.4 Å². The minimum atomic E-state index is -0.178. The zero-order valence-electron chi connectivity index (χ0n) is 24.9. The molecule has 0 heterocycles. The van der Waals surface area contributed by atoms with Gasteiger partial charge in [-0.2, -0.15) is 0 Å². The summed E-state index contributed by atoms with van der Waals surface area (Å²) in [6.45, 7) is 8.42. The lowest BCUT2D eigenvalue weighted by atomic mass is 9.69. The van der Waals surface area contributed by atoms with E-state index in [1.54, 1.807) is 0 Å². The number of ether oxygens (including phenoxy) is 3. The SMILES string of the molecule is C[C@@H]1CC[C@H](O)[C@@]1(C)CC[C@H]1C[C@H](CCCCOCCOCCOCc2ccccc2)CC2=C1C=CCC(O)=C2. The molecule has 0 aliphatic heterocycles. The standard InChI is InChI=1S/C35H52O5/c1-27-14-15-34(37)35(27,2)17-16-30-23-29(24-31-25-32(36)12-8-13-33(30)31)11-6-7-18-38-19-20-39-21-22-40-26-28-9-4-3-5-10-28/h3-5,8-10,13,25,27,29-30,34,36-37H,6-7,11-12,14-24,26H2,1-2H3/t27-,29+,30+,34+,35+/m1/s1. The van der Waals surface area contributed by atoms with Crippen molar-refractivity contribution in [2.75, 3.05) is 33.0 Å². The van der Waals surface area contributed by atoms with Gasteiger partial charge in [-0.3, -0.25) is 0 Å². The van der Waals surface area contributed by atoms with E-state index in [0.29, 0.717) is 63.0 Å². The molecule has 3 aliphatic carbocycles. The predicted octanol–water partition coefficient (Wildman–Crippen LogP) is 7.71. The Morgan fingerprint density at radius 2 is 1.68 bits per heavy atom. The number of aliphatic hydroxyl groups excluding tert-OH is 2. The summed E-state index contributed by atoms with van der Waals surface area (Å²) in [5.74, 6) is 2.19. The minimum Gasteiger partial charge on any atom is -0.512 e. The van der Waals surface area contributed by atoms with Crippen LogP contribution in [-0.2, 0) is 20.8 Å². The Kier molecular flexibility index (Phi) is 12.3. The van der Waals surface area contributed by atoms with Gasteiger partial charge in [-0.15, -0.1) is 0 Å². The summed E-state index contributed by atoms with van der Waals surface area (Å²) < 4.78 is 17.1. The van der Waals surface area contributed by atoms with Crippen molar-refractivity contribution in [2.24, 2.45) is 23.2 Å². The van der Waals surface area contributed by atoms with Crippen LogP contribution in [0.2, 0.25) is 0 Å². The maximum Gasteiger partial charge on any atom is 0.0963 e. The van der Waals surface area contributed by atoms with Crippen LogP contribution in [0.3, 0.4) is 0 Å². The molecule has 2 N–H and O–H groups in total. The van der Waals surface area contributed by atoms with Gasteiger partial charge in [0.15, 0.2) is 0 Å². The lowest BCUT2D eigenvalue weighted by Gasteiger charge is -2.37. The fraction of sp³-hybridized carbons (Fsp3) is 0.657. The Labute approximate surface area is 242 Å². The van der Waals surface area contributed by atoms with Gasteiger partial charge in [0.05, 0.1) is 44.9 Å². The van der Waals surface area contributed by atoms with Crippen LogP contribution in [0, 0.1) is 23.2 Å². The Balaban J connectivity index is 1.12. The molecule has 5 heteroatoms. The summed E-state index contributed by atoms with van der Waals surface area (Å²) >= 11 is 0. The topological polar surface area (TPSA) is 68.2 Å². The van der Waals surface area contributed by atoms with Gasteiger partial charge in [-0.05, 0) is 90.9 Å². The number of hydrogen-bond acceptors (Lipinski definition) is 5.